The molecule has 1 aliphatic carbocycles. The molecule has 0 radical (unpaired) electrons. The Morgan fingerprint density at radius 2 is 2.05 bits per heavy atom. The molecule has 0 heterocycles. The summed E-state index contributed by atoms with van der Waals surface area (Å²) in [5.41, 5.74) is 1.08. The van der Waals surface area contributed by atoms with Crippen molar-refractivity contribution in [2.24, 2.45) is 0 Å². The predicted molar refractivity (Wildman–Crippen MR) is 80.6 cm³/mol. The summed E-state index contributed by atoms with van der Waals surface area (Å²) >= 11 is 0. The number of aliphatic hydroxyl groups is 1. The predicted octanol–water partition coefficient (Wildman–Crippen LogP) is 2.65. The zero-order valence-corrected chi connectivity index (χ0v) is 12.9. The van der Waals surface area contributed by atoms with Crippen LogP contribution in [0.3, 0.4) is 0 Å². The lowest BCUT2D eigenvalue weighted by Gasteiger charge is -2.44. The summed E-state index contributed by atoms with van der Waals surface area (Å²) in [7, 11) is 1.79. The Labute approximate surface area is 121 Å². The molecule has 110 valence electrons. The molecule has 0 aliphatic heterocycles. The lowest BCUT2D eigenvalue weighted by molar-refractivity contribution is -0.142. The van der Waals surface area contributed by atoms with Gasteiger partial charge in [0.1, 0.15) is 0 Å². The highest BCUT2D eigenvalue weighted by Gasteiger charge is 2.47. The second kappa shape index (κ2) is 5.21. The zero-order chi connectivity index (χ0) is 15.0. The van der Waals surface area contributed by atoms with E-state index in [0.29, 0.717) is 6.54 Å². The molecule has 2 rings (SSSR count). The fourth-order valence-corrected chi connectivity index (χ4v) is 3.12. The Balaban J connectivity index is 2.25. The minimum atomic E-state index is -0.859. The third kappa shape index (κ3) is 2.88. The van der Waals surface area contributed by atoms with Crippen molar-refractivity contribution in [3.8, 4) is 0 Å². The Morgan fingerprint density at radius 1 is 1.40 bits per heavy atom. The molecular weight excluding hydrogens is 250 g/mol. The molecule has 1 saturated carbocycles. The van der Waals surface area contributed by atoms with Gasteiger partial charge in [0, 0.05) is 13.6 Å². The molecule has 0 bridgehead atoms. The Morgan fingerprint density at radius 3 is 2.50 bits per heavy atom. The van der Waals surface area contributed by atoms with Gasteiger partial charge in [-0.15, -0.1) is 0 Å². The van der Waals surface area contributed by atoms with Crippen LogP contribution in [0.25, 0.3) is 0 Å². The van der Waals surface area contributed by atoms with Gasteiger partial charge in [-0.1, -0.05) is 36.2 Å². The first-order valence-electron chi connectivity index (χ1n) is 7.30. The third-order valence-electron chi connectivity index (χ3n) is 4.16. The van der Waals surface area contributed by atoms with Gasteiger partial charge >= 0.3 is 0 Å². The van der Waals surface area contributed by atoms with Crippen LogP contribution in [0.15, 0.2) is 24.3 Å². The number of hydrogen-bond donors (Lipinski definition) is 1. The number of benzene rings is 1. The lowest BCUT2D eigenvalue weighted by Crippen LogP contribution is -2.52. The van der Waals surface area contributed by atoms with Crippen molar-refractivity contribution in [3.05, 3.63) is 35.4 Å². The highest BCUT2D eigenvalue weighted by atomic mass is 16.3. The molecule has 1 N–H and O–H groups in total. The smallest absolute Gasteiger partial charge is 0.233 e. The number of hydrogen-bond acceptors (Lipinski definition) is 2. The third-order valence-corrected chi connectivity index (χ3v) is 4.16. The number of rotatable bonds is 4. The van der Waals surface area contributed by atoms with Crippen LogP contribution in [-0.4, -0.2) is 35.1 Å². The van der Waals surface area contributed by atoms with Crippen molar-refractivity contribution in [1.82, 2.24) is 4.90 Å². The molecule has 0 atom stereocenters. The minimum absolute atomic E-state index is 0.136. The van der Waals surface area contributed by atoms with Crippen molar-refractivity contribution in [1.29, 1.82) is 0 Å². The summed E-state index contributed by atoms with van der Waals surface area (Å²) in [4.78, 5) is 14.5. The minimum Gasteiger partial charge on any atom is -0.389 e. The van der Waals surface area contributed by atoms with Crippen molar-refractivity contribution in [2.45, 2.75) is 51.0 Å². The molecule has 20 heavy (non-hydrogen) atoms. The first-order chi connectivity index (χ1) is 9.24. The van der Waals surface area contributed by atoms with Gasteiger partial charge in [-0.2, -0.15) is 0 Å². The molecule has 3 heteroatoms. The summed E-state index contributed by atoms with van der Waals surface area (Å²) in [6, 6.07) is 8.26. The van der Waals surface area contributed by atoms with Crippen molar-refractivity contribution < 1.29 is 9.90 Å². The molecule has 1 amide bonds. The number of likely N-dealkylation sites (N-methyl/N-ethyl adjacent to an activating group) is 1. The maximum atomic E-state index is 12.9. The van der Waals surface area contributed by atoms with Gasteiger partial charge in [0.25, 0.3) is 0 Å². The van der Waals surface area contributed by atoms with E-state index in [1.165, 1.54) is 5.56 Å². The molecule has 1 aliphatic rings. The van der Waals surface area contributed by atoms with Gasteiger partial charge in [0.15, 0.2) is 0 Å². The second-order valence-corrected chi connectivity index (χ2v) is 6.78. The topological polar surface area (TPSA) is 40.5 Å². The van der Waals surface area contributed by atoms with E-state index in [4.69, 9.17) is 0 Å². The van der Waals surface area contributed by atoms with Crippen LogP contribution in [0.1, 0.15) is 44.2 Å². The zero-order valence-electron chi connectivity index (χ0n) is 12.9. The van der Waals surface area contributed by atoms with E-state index in [-0.39, 0.29) is 11.3 Å². The normalized spacial score (nSPS) is 17.4. The average Bonchev–Trinajstić information content (AvgIpc) is 2.25. The molecule has 0 aromatic heterocycles. The summed E-state index contributed by atoms with van der Waals surface area (Å²) in [5, 5.41) is 9.91. The Hall–Kier alpha value is -1.35. The van der Waals surface area contributed by atoms with E-state index in [9.17, 15) is 9.90 Å². The first-order valence-corrected chi connectivity index (χ1v) is 7.30. The van der Waals surface area contributed by atoms with Crippen LogP contribution in [0.5, 0.6) is 0 Å². The van der Waals surface area contributed by atoms with E-state index < -0.39 is 5.60 Å². The van der Waals surface area contributed by atoms with Crippen LogP contribution in [-0.2, 0) is 10.2 Å². The standard InChI is InChI=1S/C17H25NO2/c1-13-7-5-8-14(11-13)17(9-6-10-17)15(19)18(4)12-16(2,3)20/h5,7-8,11,20H,6,9-10,12H2,1-4H3. The number of nitrogens with zero attached hydrogens (tertiary/aromatic N) is 1. The molecule has 0 unspecified atom stereocenters. The van der Waals surface area contributed by atoms with Gasteiger partial charge in [-0.3, -0.25) is 4.79 Å². The van der Waals surface area contributed by atoms with Gasteiger partial charge in [-0.05, 0) is 39.2 Å². The van der Waals surface area contributed by atoms with Crippen molar-refractivity contribution in [3.63, 3.8) is 0 Å². The van der Waals surface area contributed by atoms with Crippen molar-refractivity contribution >= 4 is 5.91 Å². The molecule has 1 aromatic rings. The molecule has 0 spiro atoms. The summed E-state index contributed by atoms with van der Waals surface area (Å²) in [6.07, 6.45) is 2.91. The number of carbonyl (C=O) groups is 1. The maximum Gasteiger partial charge on any atom is 0.233 e. The summed E-state index contributed by atoms with van der Waals surface area (Å²) < 4.78 is 0. The lowest BCUT2D eigenvalue weighted by atomic mass is 9.63. The quantitative estimate of drug-likeness (QED) is 0.917. The van der Waals surface area contributed by atoms with Crippen LogP contribution < -0.4 is 0 Å². The molecule has 1 aromatic carbocycles. The van der Waals surface area contributed by atoms with Gasteiger partial charge in [0.05, 0.1) is 11.0 Å². The molecule has 1 fully saturated rings. The fraction of sp³-hybridized carbons (Fsp3) is 0.588. The molecule has 3 nitrogen and oxygen atoms in total. The fourth-order valence-electron chi connectivity index (χ4n) is 3.12. The van der Waals surface area contributed by atoms with Gasteiger partial charge in [0.2, 0.25) is 5.91 Å². The van der Waals surface area contributed by atoms with Crippen LogP contribution in [0.2, 0.25) is 0 Å². The Kier molecular flexibility index (Phi) is 3.92. The average molecular weight is 275 g/mol. The van der Waals surface area contributed by atoms with E-state index in [1.807, 2.05) is 6.07 Å². The van der Waals surface area contributed by atoms with Crippen LogP contribution in [0.4, 0.5) is 0 Å². The van der Waals surface area contributed by atoms with E-state index in [1.54, 1.807) is 25.8 Å². The maximum absolute atomic E-state index is 12.9. The molecular formula is C17H25NO2. The molecule has 0 saturated heterocycles. The van der Waals surface area contributed by atoms with E-state index >= 15 is 0 Å². The number of amides is 1. The van der Waals surface area contributed by atoms with E-state index in [2.05, 4.69) is 25.1 Å². The SMILES string of the molecule is Cc1cccc(C2(C(=O)N(C)CC(C)(C)O)CCC2)c1. The van der Waals surface area contributed by atoms with Gasteiger partial charge < -0.3 is 10.0 Å². The number of carbonyl (C=O) groups excluding carboxylic acids is 1. The van der Waals surface area contributed by atoms with E-state index in [0.717, 1.165) is 24.8 Å². The highest BCUT2D eigenvalue weighted by Crippen LogP contribution is 2.45. The van der Waals surface area contributed by atoms with Gasteiger partial charge in [-0.25, -0.2) is 0 Å². The first kappa shape index (κ1) is 15.0. The summed E-state index contributed by atoms with van der Waals surface area (Å²) in [5.74, 6) is 0.136. The number of aryl methyl sites for hydroxylation is 1. The monoisotopic (exact) mass is 275 g/mol. The largest absolute Gasteiger partial charge is 0.389 e. The Bertz CT molecular complexity index is 498. The van der Waals surface area contributed by atoms with Crippen LogP contribution >= 0.6 is 0 Å². The summed E-state index contributed by atoms with van der Waals surface area (Å²) in [6.45, 7) is 5.88. The van der Waals surface area contributed by atoms with Crippen molar-refractivity contribution in [2.75, 3.05) is 13.6 Å². The second-order valence-electron chi connectivity index (χ2n) is 6.78. The highest BCUT2D eigenvalue weighted by molar-refractivity contribution is 5.89. The van der Waals surface area contributed by atoms with Crippen LogP contribution in [0, 0.1) is 6.92 Å².